The maximum absolute atomic E-state index is 5.44. The zero-order valence-corrected chi connectivity index (χ0v) is 5.80. The molecule has 0 bridgehead atoms. The minimum atomic E-state index is 0.367. The first kappa shape index (κ1) is 6.94. The molecule has 3 N–H and O–H groups in total. The van der Waals surface area contributed by atoms with Crippen LogP contribution in [0.2, 0.25) is 0 Å². The molecule has 0 amide bonds. The molecule has 1 fully saturated rings. The Balaban J connectivity index is 2.18. The number of nitrogens with one attached hydrogen (secondary N) is 1. The van der Waals surface area contributed by atoms with Crippen molar-refractivity contribution in [3.8, 4) is 12.3 Å². The van der Waals surface area contributed by atoms with Crippen molar-refractivity contribution in [1.29, 1.82) is 0 Å². The monoisotopic (exact) mass is 137 g/mol. The zero-order chi connectivity index (χ0) is 7.40. The van der Waals surface area contributed by atoms with Gasteiger partial charge in [-0.3, -0.25) is 0 Å². The summed E-state index contributed by atoms with van der Waals surface area (Å²) in [5.74, 6) is 2.86. The third-order valence-corrected chi connectivity index (χ3v) is 1.27. The van der Waals surface area contributed by atoms with Gasteiger partial charge < -0.3 is 11.1 Å². The minimum Gasteiger partial charge on any atom is -0.370 e. The minimum absolute atomic E-state index is 0.367. The lowest BCUT2D eigenvalue weighted by atomic mass is 10.6. The fraction of sp³-hybridized carbons (Fsp3) is 0.571. The Morgan fingerprint density at radius 3 is 3.00 bits per heavy atom. The van der Waals surface area contributed by atoms with Gasteiger partial charge in [-0.25, -0.2) is 4.99 Å². The summed E-state index contributed by atoms with van der Waals surface area (Å²) in [6.07, 6.45) is 7.38. The molecule has 1 aliphatic rings. The van der Waals surface area contributed by atoms with E-state index in [-0.39, 0.29) is 0 Å². The number of aliphatic imine (C=N–C) groups is 1. The topological polar surface area (TPSA) is 50.4 Å². The Hall–Kier alpha value is -1.17. The first-order chi connectivity index (χ1) is 4.83. The van der Waals surface area contributed by atoms with Crippen molar-refractivity contribution in [3.05, 3.63) is 0 Å². The molecule has 1 aliphatic carbocycles. The second-order valence-corrected chi connectivity index (χ2v) is 2.32. The number of nitrogens with zero attached hydrogens (tertiary/aromatic N) is 1. The van der Waals surface area contributed by atoms with Crippen molar-refractivity contribution < 1.29 is 0 Å². The predicted octanol–water partition coefficient (Wildman–Crippen LogP) is -0.314. The summed E-state index contributed by atoms with van der Waals surface area (Å²) < 4.78 is 0. The highest BCUT2D eigenvalue weighted by molar-refractivity contribution is 5.78. The molecular weight excluding hydrogens is 126 g/mol. The smallest absolute Gasteiger partial charge is 0.189 e. The third-order valence-electron chi connectivity index (χ3n) is 1.27. The Labute approximate surface area is 60.7 Å². The van der Waals surface area contributed by atoms with Crippen LogP contribution in [0.1, 0.15) is 12.8 Å². The molecule has 0 heterocycles. The molecule has 0 spiro atoms. The maximum atomic E-state index is 5.44. The summed E-state index contributed by atoms with van der Waals surface area (Å²) >= 11 is 0. The van der Waals surface area contributed by atoms with Crippen LogP contribution < -0.4 is 11.1 Å². The van der Waals surface area contributed by atoms with E-state index < -0.39 is 0 Å². The van der Waals surface area contributed by atoms with Crippen molar-refractivity contribution in [1.82, 2.24) is 5.32 Å². The highest BCUT2D eigenvalue weighted by Crippen LogP contribution is 2.17. The van der Waals surface area contributed by atoms with Gasteiger partial charge in [0.25, 0.3) is 0 Å². The van der Waals surface area contributed by atoms with Gasteiger partial charge in [-0.05, 0) is 12.8 Å². The van der Waals surface area contributed by atoms with Crippen molar-refractivity contribution in [3.63, 3.8) is 0 Å². The zero-order valence-electron chi connectivity index (χ0n) is 5.80. The number of rotatable bonds is 2. The van der Waals surface area contributed by atoms with Crippen molar-refractivity contribution in [2.24, 2.45) is 10.7 Å². The number of hydrogen-bond donors (Lipinski definition) is 2. The van der Waals surface area contributed by atoms with Crippen LogP contribution >= 0.6 is 0 Å². The van der Waals surface area contributed by atoms with Crippen LogP contribution in [0, 0.1) is 12.3 Å². The summed E-state index contributed by atoms with van der Waals surface area (Å²) in [6, 6.07) is 0.557. The van der Waals surface area contributed by atoms with E-state index in [0.29, 0.717) is 18.5 Å². The van der Waals surface area contributed by atoms with Gasteiger partial charge in [0.05, 0.1) is 0 Å². The van der Waals surface area contributed by atoms with Crippen LogP contribution in [0.15, 0.2) is 4.99 Å². The van der Waals surface area contributed by atoms with Crippen molar-refractivity contribution >= 4 is 5.96 Å². The Morgan fingerprint density at radius 1 is 1.80 bits per heavy atom. The lowest BCUT2D eigenvalue weighted by Gasteiger charge is -1.99. The average Bonchev–Trinajstić information content (AvgIpc) is 2.67. The summed E-state index contributed by atoms with van der Waals surface area (Å²) in [5.41, 5.74) is 5.44. The molecule has 0 saturated heterocycles. The van der Waals surface area contributed by atoms with Gasteiger partial charge in [-0.1, -0.05) is 5.92 Å². The lowest BCUT2D eigenvalue weighted by Crippen LogP contribution is -2.33. The van der Waals surface area contributed by atoms with Crippen LogP contribution in [0.4, 0.5) is 0 Å². The molecule has 3 heteroatoms. The normalized spacial score (nSPS) is 18.1. The van der Waals surface area contributed by atoms with Gasteiger partial charge in [0.15, 0.2) is 5.96 Å². The predicted molar refractivity (Wildman–Crippen MR) is 41.5 cm³/mol. The highest BCUT2D eigenvalue weighted by Gasteiger charge is 2.20. The fourth-order valence-corrected chi connectivity index (χ4v) is 0.613. The van der Waals surface area contributed by atoms with E-state index in [0.717, 1.165) is 0 Å². The van der Waals surface area contributed by atoms with Crippen LogP contribution in [-0.4, -0.2) is 18.5 Å². The fourth-order valence-electron chi connectivity index (χ4n) is 0.613. The third kappa shape index (κ3) is 2.40. The lowest BCUT2D eigenvalue weighted by molar-refractivity contribution is 0.890. The highest BCUT2D eigenvalue weighted by atomic mass is 15.1. The summed E-state index contributed by atoms with van der Waals surface area (Å²) in [6.45, 7) is 0.367. The van der Waals surface area contributed by atoms with E-state index in [1.54, 1.807) is 0 Å². The first-order valence-corrected chi connectivity index (χ1v) is 3.33. The van der Waals surface area contributed by atoms with Crippen molar-refractivity contribution in [2.75, 3.05) is 6.54 Å². The molecule has 0 aliphatic heterocycles. The van der Waals surface area contributed by atoms with Crippen LogP contribution in [0.3, 0.4) is 0 Å². The van der Waals surface area contributed by atoms with Crippen LogP contribution in [-0.2, 0) is 0 Å². The molecule has 0 aromatic carbocycles. The summed E-state index contributed by atoms with van der Waals surface area (Å²) in [4.78, 5) is 3.87. The first-order valence-electron chi connectivity index (χ1n) is 3.33. The molecule has 0 atom stereocenters. The van der Waals surface area contributed by atoms with E-state index in [4.69, 9.17) is 12.2 Å². The Morgan fingerprint density at radius 2 is 2.50 bits per heavy atom. The molecule has 0 aromatic rings. The molecule has 54 valence electrons. The van der Waals surface area contributed by atoms with E-state index in [1.165, 1.54) is 12.8 Å². The molecule has 3 nitrogen and oxygen atoms in total. The summed E-state index contributed by atoms with van der Waals surface area (Å²) in [5, 5.41) is 3.02. The van der Waals surface area contributed by atoms with Gasteiger partial charge in [-0.2, -0.15) is 0 Å². The van der Waals surface area contributed by atoms with Gasteiger partial charge in [-0.15, -0.1) is 6.42 Å². The maximum Gasteiger partial charge on any atom is 0.189 e. The molecule has 10 heavy (non-hydrogen) atoms. The largest absolute Gasteiger partial charge is 0.370 e. The Bertz CT molecular complexity index is 174. The quantitative estimate of drug-likeness (QED) is 0.311. The molecular formula is C7H11N3. The number of nitrogens with two attached hydrogens (primary N) is 1. The van der Waals surface area contributed by atoms with Gasteiger partial charge in [0.1, 0.15) is 6.54 Å². The van der Waals surface area contributed by atoms with Gasteiger partial charge >= 0.3 is 0 Å². The van der Waals surface area contributed by atoms with E-state index in [1.807, 2.05) is 0 Å². The molecule has 0 unspecified atom stereocenters. The summed E-state index contributed by atoms with van der Waals surface area (Å²) in [7, 11) is 0. The second kappa shape index (κ2) is 3.11. The van der Waals surface area contributed by atoms with Crippen LogP contribution in [0.25, 0.3) is 0 Å². The molecule has 1 rings (SSSR count). The van der Waals surface area contributed by atoms with Crippen LogP contribution in [0.5, 0.6) is 0 Å². The SMILES string of the molecule is C#CCN=C(N)NC1CC1. The second-order valence-electron chi connectivity index (χ2n) is 2.32. The number of guanidine groups is 1. The molecule has 1 saturated carbocycles. The Kier molecular flexibility index (Phi) is 2.16. The number of hydrogen-bond acceptors (Lipinski definition) is 1. The average molecular weight is 137 g/mol. The number of terminal acetylenes is 1. The van der Waals surface area contributed by atoms with E-state index in [2.05, 4.69) is 16.2 Å². The molecule has 0 aromatic heterocycles. The van der Waals surface area contributed by atoms with E-state index in [9.17, 15) is 0 Å². The standard InChI is InChI=1S/C7H11N3/c1-2-5-9-7(8)10-6-3-4-6/h1,6H,3-5H2,(H3,8,9,10). The van der Waals surface area contributed by atoms with Gasteiger partial charge in [0, 0.05) is 6.04 Å². The van der Waals surface area contributed by atoms with Gasteiger partial charge in [0.2, 0.25) is 0 Å². The molecule has 0 radical (unpaired) electrons. The van der Waals surface area contributed by atoms with Crippen molar-refractivity contribution in [2.45, 2.75) is 18.9 Å². The van der Waals surface area contributed by atoms with E-state index >= 15 is 0 Å².